The van der Waals surface area contributed by atoms with Crippen molar-refractivity contribution in [2.75, 3.05) is 6.61 Å². The van der Waals surface area contributed by atoms with Crippen LogP contribution in [0.15, 0.2) is 54.7 Å². The number of hydrogen-bond acceptors (Lipinski definition) is 4. The van der Waals surface area contributed by atoms with Crippen LogP contribution in [-0.4, -0.2) is 32.8 Å². The molecule has 1 aliphatic heterocycles. The summed E-state index contributed by atoms with van der Waals surface area (Å²) < 4.78 is 27.9. The fourth-order valence-corrected chi connectivity index (χ4v) is 5.90. The van der Waals surface area contributed by atoms with Crippen molar-refractivity contribution < 1.29 is 23.8 Å². The van der Waals surface area contributed by atoms with E-state index in [1.807, 2.05) is 64.2 Å². The molecule has 202 valence electrons. The van der Waals surface area contributed by atoms with Crippen LogP contribution in [0.25, 0.3) is 22.2 Å². The van der Waals surface area contributed by atoms with Gasteiger partial charge in [-0.2, -0.15) is 0 Å². The maximum atomic E-state index is 13.7. The molecule has 1 fully saturated rings. The summed E-state index contributed by atoms with van der Waals surface area (Å²) in [5, 5.41) is 11.2. The lowest BCUT2D eigenvalue weighted by Crippen LogP contribution is -2.28. The second-order valence-electron chi connectivity index (χ2n) is 11.7. The first-order chi connectivity index (χ1) is 18.6. The average molecular weight is 529 g/mol. The zero-order chi connectivity index (χ0) is 27.5. The van der Waals surface area contributed by atoms with Crippen molar-refractivity contribution >= 4 is 17.0 Å². The standard InChI is InChI=1S/C32H33FN2O4/c1-19-26(28(30(36)37)39-31(2,3)4)27(21-7-12-25-20(18-21)6-5-17-38-25)24-13-16-35(29(24)34-19)32(14-15-32)22-8-10-23(33)11-9-22/h7-13,16,18,28H,5-6,14-15,17H2,1-4H3,(H,36,37). The Kier molecular flexibility index (Phi) is 6.03. The van der Waals surface area contributed by atoms with Gasteiger partial charge in [0.1, 0.15) is 17.2 Å². The van der Waals surface area contributed by atoms with E-state index in [0.29, 0.717) is 17.9 Å². The Balaban J connectivity index is 1.60. The van der Waals surface area contributed by atoms with Crippen molar-refractivity contribution in [2.24, 2.45) is 0 Å². The van der Waals surface area contributed by atoms with Crippen molar-refractivity contribution in [1.82, 2.24) is 9.55 Å². The van der Waals surface area contributed by atoms with Crippen LogP contribution in [0.5, 0.6) is 5.75 Å². The van der Waals surface area contributed by atoms with Crippen LogP contribution < -0.4 is 4.74 Å². The molecule has 7 heteroatoms. The lowest BCUT2D eigenvalue weighted by Gasteiger charge is -2.28. The molecular formula is C32H33FN2O4. The van der Waals surface area contributed by atoms with E-state index < -0.39 is 17.7 Å². The number of aliphatic carboxylic acids is 1. The van der Waals surface area contributed by atoms with Gasteiger partial charge in [0, 0.05) is 28.4 Å². The molecule has 0 radical (unpaired) electrons. The fourth-order valence-electron chi connectivity index (χ4n) is 5.90. The summed E-state index contributed by atoms with van der Waals surface area (Å²) in [5.41, 5.74) is 4.85. The third kappa shape index (κ3) is 4.48. The van der Waals surface area contributed by atoms with Gasteiger partial charge in [-0.05, 0) is 100 Å². The van der Waals surface area contributed by atoms with E-state index >= 15 is 0 Å². The first kappa shape index (κ1) is 25.6. The molecule has 2 aliphatic rings. The zero-order valence-electron chi connectivity index (χ0n) is 22.8. The highest BCUT2D eigenvalue weighted by atomic mass is 19.1. The molecule has 6 rings (SSSR count). The summed E-state index contributed by atoms with van der Waals surface area (Å²) in [6.45, 7) is 8.13. The van der Waals surface area contributed by atoms with Gasteiger partial charge in [0.2, 0.25) is 0 Å². The molecule has 6 nitrogen and oxygen atoms in total. The van der Waals surface area contributed by atoms with Crippen molar-refractivity contribution in [3.63, 3.8) is 0 Å². The lowest BCUT2D eigenvalue weighted by atomic mass is 9.90. The van der Waals surface area contributed by atoms with Gasteiger partial charge in [-0.1, -0.05) is 18.2 Å². The molecular weight excluding hydrogens is 495 g/mol. The predicted octanol–water partition coefficient (Wildman–Crippen LogP) is 6.95. The molecule has 1 unspecified atom stereocenters. The summed E-state index contributed by atoms with van der Waals surface area (Å²) in [7, 11) is 0. The zero-order valence-corrected chi connectivity index (χ0v) is 22.8. The quantitative estimate of drug-likeness (QED) is 0.293. The average Bonchev–Trinajstić information content (AvgIpc) is 3.59. The van der Waals surface area contributed by atoms with Crippen LogP contribution in [0.2, 0.25) is 0 Å². The topological polar surface area (TPSA) is 73.6 Å². The Morgan fingerprint density at radius 3 is 2.56 bits per heavy atom. The first-order valence-electron chi connectivity index (χ1n) is 13.5. The highest BCUT2D eigenvalue weighted by Crippen LogP contribution is 2.52. The van der Waals surface area contributed by atoms with Gasteiger partial charge in [-0.3, -0.25) is 0 Å². The van der Waals surface area contributed by atoms with E-state index in [1.165, 1.54) is 12.1 Å². The van der Waals surface area contributed by atoms with Crippen LogP contribution in [0.1, 0.15) is 68.5 Å². The van der Waals surface area contributed by atoms with Crippen molar-refractivity contribution in [1.29, 1.82) is 0 Å². The number of carboxylic acids is 1. The third-order valence-corrected chi connectivity index (χ3v) is 7.78. The van der Waals surface area contributed by atoms with Crippen LogP contribution in [0.4, 0.5) is 4.39 Å². The fraction of sp³-hybridized carbons (Fsp3) is 0.375. The summed E-state index contributed by atoms with van der Waals surface area (Å²) >= 11 is 0. The largest absolute Gasteiger partial charge is 0.493 e. The molecule has 0 saturated heterocycles. The normalized spacial score (nSPS) is 16.9. The number of carboxylic acid groups (broad SMARTS) is 1. The number of nitrogens with zero attached hydrogens (tertiary/aromatic N) is 2. The van der Waals surface area contributed by atoms with Gasteiger partial charge in [-0.15, -0.1) is 0 Å². The number of carbonyl (C=O) groups is 1. The lowest BCUT2D eigenvalue weighted by molar-refractivity contribution is -0.160. The Bertz CT molecular complexity index is 1580. The summed E-state index contributed by atoms with van der Waals surface area (Å²) in [5.74, 6) is -0.441. The first-order valence-corrected chi connectivity index (χ1v) is 13.5. The molecule has 4 aromatic rings. The number of pyridine rings is 1. The highest BCUT2D eigenvalue weighted by molar-refractivity contribution is 5.98. The molecule has 1 N–H and O–H groups in total. The van der Waals surface area contributed by atoms with Crippen LogP contribution >= 0.6 is 0 Å². The highest BCUT2D eigenvalue weighted by Gasteiger charge is 2.47. The Hall–Kier alpha value is -3.71. The molecule has 0 bridgehead atoms. The van der Waals surface area contributed by atoms with Crippen molar-refractivity contribution in [3.05, 3.63) is 82.9 Å². The van der Waals surface area contributed by atoms with E-state index in [1.54, 1.807) is 0 Å². The second kappa shape index (κ2) is 9.19. The molecule has 0 amide bonds. The second-order valence-corrected chi connectivity index (χ2v) is 11.7. The molecule has 1 atom stereocenters. The van der Waals surface area contributed by atoms with Crippen LogP contribution in [-0.2, 0) is 21.5 Å². The third-order valence-electron chi connectivity index (χ3n) is 7.78. The van der Waals surface area contributed by atoms with E-state index in [0.717, 1.165) is 64.7 Å². The Morgan fingerprint density at radius 2 is 1.90 bits per heavy atom. The molecule has 3 heterocycles. The summed E-state index contributed by atoms with van der Waals surface area (Å²) in [6, 6.07) is 14.8. The number of hydrogen-bond donors (Lipinski definition) is 1. The van der Waals surface area contributed by atoms with Gasteiger partial charge in [-0.25, -0.2) is 14.2 Å². The maximum Gasteiger partial charge on any atom is 0.337 e. The van der Waals surface area contributed by atoms with Gasteiger partial charge in [0.05, 0.1) is 17.7 Å². The smallest absolute Gasteiger partial charge is 0.337 e. The predicted molar refractivity (Wildman–Crippen MR) is 148 cm³/mol. The van der Waals surface area contributed by atoms with E-state index in [-0.39, 0.29) is 11.4 Å². The number of halogens is 1. The summed E-state index contributed by atoms with van der Waals surface area (Å²) in [6.07, 6.45) is 4.52. The number of aromatic nitrogens is 2. The molecule has 0 spiro atoms. The minimum absolute atomic E-state index is 0.261. The summed E-state index contributed by atoms with van der Waals surface area (Å²) in [4.78, 5) is 17.7. The van der Waals surface area contributed by atoms with E-state index in [2.05, 4.69) is 10.6 Å². The number of aryl methyl sites for hydroxylation is 2. The van der Waals surface area contributed by atoms with Gasteiger partial charge in [0.25, 0.3) is 0 Å². The SMILES string of the molecule is Cc1nc2c(ccn2C2(c3ccc(F)cc3)CC2)c(-c2ccc3c(c2)CCCO3)c1C(OC(C)(C)C)C(=O)O. The molecule has 1 aliphatic carbocycles. The minimum atomic E-state index is -1.19. The number of rotatable bonds is 6. The van der Waals surface area contributed by atoms with Gasteiger partial charge in [0.15, 0.2) is 6.10 Å². The van der Waals surface area contributed by atoms with E-state index in [4.69, 9.17) is 14.5 Å². The molecule has 2 aromatic carbocycles. The number of fused-ring (bicyclic) bond motifs is 2. The van der Waals surface area contributed by atoms with Crippen molar-refractivity contribution in [3.8, 4) is 16.9 Å². The molecule has 1 saturated carbocycles. The Morgan fingerprint density at radius 1 is 1.15 bits per heavy atom. The maximum absolute atomic E-state index is 13.7. The Labute approximate surface area is 227 Å². The van der Waals surface area contributed by atoms with Crippen LogP contribution in [0.3, 0.4) is 0 Å². The molecule has 2 aromatic heterocycles. The van der Waals surface area contributed by atoms with E-state index in [9.17, 15) is 14.3 Å². The monoisotopic (exact) mass is 528 g/mol. The van der Waals surface area contributed by atoms with Crippen molar-refractivity contribution in [2.45, 2.75) is 70.6 Å². The molecule has 39 heavy (non-hydrogen) atoms. The van der Waals surface area contributed by atoms with Crippen LogP contribution in [0, 0.1) is 12.7 Å². The van der Waals surface area contributed by atoms with Gasteiger partial charge < -0.3 is 19.1 Å². The number of ether oxygens (including phenoxy) is 2. The number of benzene rings is 2. The minimum Gasteiger partial charge on any atom is -0.493 e. The van der Waals surface area contributed by atoms with Gasteiger partial charge >= 0.3 is 5.97 Å².